The number of methoxy groups -OCH3 is 1. The van der Waals surface area contributed by atoms with Crippen LogP contribution in [0.5, 0.6) is 5.75 Å². The summed E-state index contributed by atoms with van der Waals surface area (Å²) in [5, 5.41) is 2.50. The maximum Gasteiger partial charge on any atom is 0.433 e. The first-order valence-corrected chi connectivity index (χ1v) is 9.99. The SMILES string of the molecule is COc1cc(Cl)cc2oc(-c3c(C)nc4c(-c5ccccc5)c(C(F)(F)F)[nH]n4c3=O)nc12. The molecule has 0 radical (unpaired) electrons. The molecule has 5 aromatic rings. The Kier molecular flexibility index (Phi) is 4.71. The maximum absolute atomic E-state index is 13.9. The first kappa shape index (κ1) is 21.1. The molecule has 2 aromatic carbocycles. The second-order valence-corrected chi connectivity index (χ2v) is 7.67. The summed E-state index contributed by atoms with van der Waals surface area (Å²) in [6, 6.07) is 11.0. The summed E-state index contributed by atoms with van der Waals surface area (Å²) >= 11 is 6.06. The van der Waals surface area contributed by atoms with Crippen LogP contribution in [-0.2, 0) is 6.18 Å². The zero-order valence-corrected chi connectivity index (χ0v) is 17.9. The fourth-order valence-corrected chi connectivity index (χ4v) is 3.94. The lowest BCUT2D eigenvalue weighted by atomic mass is 10.1. The van der Waals surface area contributed by atoms with Crippen LogP contribution in [0.2, 0.25) is 5.02 Å². The van der Waals surface area contributed by atoms with Crippen molar-refractivity contribution in [1.82, 2.24) is 19.6 Å². The zero-order valence-electron chi connectivity index (χ0n) is 17.1. The summed E-state index contributed by atoms with van der Waals surface area (Å²) in [4.78, 5) is 22.0. The Bertz CT molecular complexity index is 1590. The van der Waals surface area contributed by atoms with Crippen LogP contribution in [0.15, 0.2) is 51.7 Å². The molecule has 1 N–H and O–H groups in total. The molecule has 0 aliphatic heterocycles. The summed E-state index contributed by atoms with van der Waals surface area (Å²) in [7, 11) is 1.43. The molecule has 0 unspecified atom stereocenters. The fourth-order valence-electron chi connectivity index (χ4n) is 3.74. The van der Waals surface area contributed by atoms with E-state index < -0.39 is 17.4 Å². The molecule has 0 spiro atoms. The molecule has 3 aromatic heterocycles. The lowest BCUT2D eigenvalue weighted by Gasteiger charge is -2.07. The molecule has 5 rings (SSSR count). The standard InChI is InChI=1S/C22H14ClF3N4O3/c1-10-15(20-28-17-13(32-2)8-12(23)9-14(17)33-20)21(31)30-19(27-10)16(11-6-4-3-5-7-11)18(29-30)22(24,25)26/h3-9,29H,1-2H3. The van der Waals surface area contributed by atoms with Gasteiger partial charge in [0, 0.05) is 17.2 Å². The van der Waals surface area contributed by atoms with Gasteiger partial charge in [0.25, 0.3) is 5.56 Å². The van der Waals surface area contributed by atoms with Gasteiger partial charge in [-0.2, -0.15) is 17.7 Å². The van der Waals surface area contributed by atoms with Gasteiger partial charge in [0.2, 0.25) is 5.89 Å². The van der Waals surface area contributed by atoms with Gasteiger partial charge in [-0.3, -0.25) is 9.89 Å². The molecule has 0 bridgehead atoms. The van der Waals surface area contributed by atoms with Crippen molar-refractivity contribution in [2.45, 2.75) is 13.1 Å². The molecule has 0 fully saturated rings. The monoisotopic (exact) mass is 474 g/mol. The van der Waals surface area contributed by atoms with Crippen molar-refractivity contribution in [2.75, 3.05) is 7.11 Å². The molecular weight excluding hydrogens is 461 g/mol. The molecule has 168 valence electrons. The number of hydrogen-bond donors (Lipinski definition) is 1. The maximum atomic E-state index is 13.9. The Morgan fingerprint density at radius 2 is 1.85 bits per heavy atom. The highest BCUT2D eigenvalue weighted by atomic mass is 35.5. The van der Waals surface area contributed by atoms with Crippen molar-refractivity contribution in [1.29, 1.82) is 0 Å². The number of halogens is 4. The van der Waals surface area contributed by atoms with Gasteiger partial charge in [-0.15, -0.1) is 0 Å². The number of alkyl halides is 3. The number of aryl methyl sites for hydroxylation is 1. The molecule has 0 aliphatic carbocycles. The van der Waals surface area contributed by atoms with E-state index in [9.17, 15) is 18.0 Å². The molecule has 0 aliphatic rings. The Morgan fingerprint density at radius 1 is 1.12 bits per heavy atom. The van der Waals surface area contributed by atoms with Gasteiger partial charge in [-0.05, 0) is 12.5 Å². The number of hydrogen-bond acceptors (Lipinski definition) is 5. The Morgan fingerprint density at radius 3 is 2.52 bits per heavy atom. The van der Waals surface area contributed by atoms with E-state index in [0.29, 0.717) is 16.3 Å². The van der Waals surface area contributed by atoms with Crippen LogP contribution in [0.1, 0.15) is 11.4 Å². The van der Waals surface area contributed by atoms with Crippen LogP contribution in [0, 0.1) is 6.92 Å². The summed E-state index contributed by atoms with van der Waals surface area (Å²) in [6.07, 6.45) is -4.75. The summed E-state index contributed by atoms with van der Waals surface area (Å²) in [5.74, 6) is 0.212. The second-order valence-electron chi connectivity index (χ2n) is 7.24. The predicted molar refractivity (Wildman–Crippen MR) is 116 cm³/mol. The van der Waals surface area contributed by atoms with E-state index in [1.807, 2.05) is 0 Å². The average molecular weight is 475 g/mol. The first-order chi connectivity index (χ1) is 15.7. The van der Waals surface area contributed by atoms with E-state index in [2.05, 4.69) is 15.1 Å². The van der Waals surface area contributed by atoms with Gasteiger partial charge < -0.3 is 9.15 Å². The molecule has 11 heteroatoms. The highest BCUT2D eigenvalue weighted by Crippen LogP contribution is 2.39. The number of benzene rings is 2. The Labute approximate surface area is 188 Å². The summed E-state index contributed by atoms with van der Waals surface area (Å²) in [5.41, 5.74) is -1.35. The normalized spacial score (nSPS) is 12.1. The van der Waals surface area contributed by atoms with Crippen LogP contribution in [0.4, 0.5) is 13.2 Å². The summed E-state index contributed by atoms with van der Waals surface area (Å²) in [6.45, 7) is 1.50. The second kappa shape index (κ2) is 7.38. The van der Waals surface area contributed by atoms with Gasteiger partial charge in [0.05, 0.1) is 18.4 Å². The molecule has 0 amide bonds. The van der Waals surface area contributed by atoms with E-state index in [4.69, 9.17) is 20.8 Å². The van der Waals surface area contributed by atoms with Gasteiger partial charge in [0.15, 0.2) is 16.7 Å². The predicted octanol–water partition coefficient (Wildman–Crippen LogP) is 5.49. The largest absolute Gasteiger partial charge is 0.494 e. The third kappa shape index (κ3) is 3.34. The minimum absolute atomic E-state index is 0.0866. The van der Waals surface area contributed by atoms with Crippen molar-refractivity contribution in [2.24, 2.45) is 0 Å². The quantitative estimate of drug-likeness (QED) is 0.374. The van der Waals surface area contributed by atoms with Crippen LogP contribution >= 0.6 is 11.6 Å². The van der Waals surface area contributed by atoms with E-state index in [1.54, 1.807) is 18.2 Å². The molecule has 3 heterocycles. The Hall–Kier alpha value is -3.79. The number of nitrogens with one attached hydrogen (secondary N) is 1. The van der Waals surface area contributed by atoms with Crippen LogP contribution < -0.4 is 10.3 Å². The highest BCUT2D eigenvalue weighted by molar-refractivity contribution is 6.31. The van der Waals surface area contributed by atoms with Gasteiger partial charge in [-0.25, -0.2) is 9.97 Å². The molecule has 33 heavy (non-hydrogen) atoms. The van der Waals surface area contributed by atoms with Crippen molar-refractivity contribution in [3.8, 4) is 28.3 Å². The number of ether oxygens (including phenoxy) is 1. The smallest absolute Gasteiger partial charge is 0.433 e. The molecule has 7 nitrogen and oxygen atoms in total. The number of rotatable bonds is 3. The van der Waals surface area contributed by atoms with Crippen LogP contribution in [-0.4, -0.2) is 26.7 Å². The number of aromatic amines is 1. The third-order valence-corrected chi connectivity index (χ3v) is 5.38. The number of fused-ring (bicyclic) bond motifs is 2. The molecular formula is C22H14ClF3N4O3. The first-order valence-electron chi connectivity index (χ1n) is 9.61. The van der Waals surface area contributed by atoms with Gasteiger partial charge >= 0.3 is 6.18 Å². The van der Waals surface area contributed by atoms with E-state index in [-0.39, 0.29) is 39.5 Å². The van der Waals surface area contributed by atoms with Crippen molar-refractivity contribution in [3.05, 3.63) is 69.2 Å². The molecule has 0 atom stereocenters. The topological polar surface area (TPSA) is 85.4 Å². The third-order valence-electron chi connectivity index (χ3n) is 5.17. The summed E-state index contributed by atoms with van der Waals surface area (Å²) < 4.78 is 53.3. The van der Waals surface area contributed by atoms with Crippen LogP contribution in [0.3, 0.4) is 0 Å². The number of H-pyrrole nitrogens is 1. The van der Waals surface area contributed by atoms with Crippen LogP contribution in [0.25, 0.3) is 39.3 Å². The molecule has 0 saturated carbocycles. The highest BCUT2D eigenvalue weighted by Gasteiger charge is 2.38. The lowest BCUT2D eigenvalue weighted by molar-refractivity contribution is -0.140. The van der Waals surface area contributed by atoms with Gasteiger partial charge in [0.1, 0.15) is 17.0 Å². The molecule has 0 saturated heterocycles. The number of oxazole rings is 1. The minimum atomic E-state index is -4.75. The van der Waals surface area contributed by atoms with Crippen molar-refractivity contribution >= 4 is 28.3 Å². The van der Waals surface area contributed by atoms with Crippen molar-refractivity contribution < 1.29 is 22.3 Å². The Balaban J connectivity index is 1.82. The fraction of sp³-hybridized carbons (Fsp3) is 0.136. The number of nitrogens with zero attached hydrogens (tertiary/aromatic N) is 3. The van der Waals surface area contributed by atoms with Gasteiger partial charge in [-0.1, -0.05) is 41.9 Å². The van der Waals surface area contributed by atoms with E-state index in [0.717, 1.165) is 4.52 Å². The zero-order chi connectivity index (χ0) is 23.5. The minimum Gasteiger partial charge on any atom is -0.494 e. The van der Waals surface area contributed by atoms with E-state index in [1.165, 1.54) is 38.3 Å². The number of aromatic nitrogens is 4. The average Bonchev–Trinajstić information content (AvgIpc) is 3.35. The van der Waals surface area contributed by atoms with E-state index >= 15 is 0 Å². The lowest BCUT2D eigenvalue weighted by Crippen LogP contribution is -2.19. The van der Waals surface area contributed by atoms with Crippen molar-refractivity contribution in [3.63, 3.8) is 0 Å².